The van der Waals surface area contributed by atoms with Crippen molar-refractivity contribution in [3.8, 4) is 11.4 Å². The van der Waals surface area contributed by atoms with E-state index in [1.165, 1.54) is 0 Å². The van der Waals surface area contributed by atoms with E-state index in [9.17, 15) is 4.79 Å². The molecule has 0 aliphatic rings. The molecule has 0 bridgehead atoms. The third-order valence-electron chi connectivity index (χ3n) is 4.18. The van der Waals surface area contributed by atoms with E-state index in [1.807, 2.05) is 41.1 Å². The van der Waals surface area contributed by atoms with Crippen LogP contribution in [0.2, 0.25) is 0 Å². The lowest BCUT2D eigenvalue weighted by molar-refractivity contribution is -0.132. The number of hydrogen-bond acceptors (Lipinski definition) is 7. The molecular formula is C20H18N4O3S. The molecule has 0 aliphatic heterocycles. The minimum absolute atomic E-state index is 0.0180. The van der Waals surface area contributed by atoms with Crippen molar-refractivity contribution in [3.05, 3.63) is 77.0 Å². The zero-order valence-corrected chi connectivity index (χ0v) is 15.8. The van der Waals surface area contributed by atoms with Crippen LogP contribution in [-0.2, 0) is 24.3 Å². The molecule has 8 heteroatoms. The SMILES string of the molecule is O=C(CCc1nc(-c2ccsc2)no1)N(Cc1cccnc1)Cc1ccco1. The number of amides is 1. The lowest BCUT2D eigenvalue weighted by atomic mass is 10.2. The molecule has 4 aromatic heterocycles. The molecule has 0 unspecified atom stereocenters. The van der Waals surface area contributed by atoms with Crippen molar-refractivity contribution < 1.29 is 13.7 Å². The Morgan fingerprint density at radius 1 is 1.18 bits per heavy atom. The summed E-state index contributed by atoms with van der Waals surface area (Å²) in [7, 11) is 0. The van der Waals surface area contributed by atoms with Crippen molar-refractivity contribution in [1.29, 1.82) is 0 Å². The van der Waals surface area contributed by atoms with Gasteiger partial charge in [0.15, 0.2) is 0 Å². The Morgan fingerprint density at radius 2 is 2.14 bits per heavy atom. The summed E-state index contributed by atoms with van der Waals surface area (Å²) in [4.78, 5) is 23.1. The Morgan fingerprint density at radius 3 is 2.89 bits per heavy atom. The first-order valence-electron chi connectivity index (χ1n) is 8.82. The average molecular weight is 394 g/mol. The van der Waals surface area contributed by atoms with Crippen LogP contribution in [0.1, 0.15) is 23.6 Å². The van der Waals surface area contributed by atoms with Crippen LogP contribution in [0.15, 0.2) is 68.7 Å². The van der Waals surface area contributed by atoms with Crippen LogP contribution >= 0.6 is 11.3 Å². The number of rotatable bonds is 8. The van der Waals surface area contributed by atoms with Gasteiger partial charge in [0.05, 0.1) is 12.8 Å². The van der Waals surface area contributed by atoms with Crippen molar-refractivity contribution >= 4 is 17.2 Å². The summed E-state index contributed by atoms with van der Waals surface area (Å²) in [5.41, 5.74) is 1.88. The van der Waals surface area contributed by atoms with Gasteiger partial charge in [-0.15, -0.1) is 0 Å². The Hall–Kier alpha value is -3.26. The zero-order chi connectivity index (χ0) is 19.2. The van der Waals surface area contributed by atoms with Gasteiger partial charge in [0.2, 0.25) is 17.6 Å². The van der Waals surface area contributed by atoms with Crippen LogP contribution in [0, 0.1) is 0 Å². The third-order valence-corrected chi connectivity index (χ3v) is 4.86. The molecule has 28 heavy (non-hydrogen) atoms. The van der Waals surface area contributed by atoms with Crippen molar-refractivity contribution in [2.75, 3.05) is 0 Å². The van der Waals surface area contributed by atoms with Crippen molar-refractivity contribution in [1.82, 2.24) is 20.0 Å². The maximum Gasteiger partial charge on any atom is 0.227 e. The average Bonchev–Trinajstić information content (AvgIpc) is 3.48. The van der Waals surface area contributed by atoms with Gasteiger partial charge in [-0.05, 0) is 35.2 Å². The second-order valence-corrected chi connectivity index (χ2v) is 6.99. The fourth-order valence-electron chi connectivity index (χ4n) is 2.77. The lowest BCUT2D eigenvalue weighted by Gasteiger charge is -2.21. The van der Waals surface area contributed by atoms with Crippen LogP contribution in [0.3, 0.4) is 0 Å². The first-order valence-corrected chi connectivity index (χ1v) is 9.76. The standard InChI is InChI=1S/C20H18N4O3S/c25-19(6-5-18-22-20(23-27-18)16-7-10-28-14-16)24(13-17-4-2-9-26-17)12-15-3-1-8-21-11-15/h1-4,7-11,14H,5-6,12-13H2. The molecule has 0 radical (unpaired) electrons. The van der Waals surface area contributed by atoms with Gasteiger partial charge < -0.3 is 13.8 Å². The van der Waals surface area contributed by atoms with Gasteiger partial charge in [-0.25, -0.2) is 0 Å². The van der Waals surface area contributed by atoms with E-state index in [1.54, 1.807) is 34.9 Å². The molecule has 4 rings (SSSR count). The van der Waals surface area contributed by atoms with Gasteiger partial charge in [0, 0.05) is 42.7 Å². The highest BCUT2D eigenvalue weighted by Crippen LogP contribution is 2.19. The smallest absolute Gasteiger partial charge is 0.227 e. The maximum atomic E-state index is 12.9. The molecule has 0 saturated heterocycles. The summed E-state index contributed by atoms with van der Waals surface area (Å²) in [6, 6.07) is 9.40. The molecule has 142 valence electrons. The van der Waals surface area contributed by atoms with Gasteiger partial charge in [-0.2, -0.15) is 16.3 Å². The predicted molar refractivity (Wildman–Crippen MR) is 103 cm³/mol. The monoisotopic (exact) mass is 394 g/mol. The van der Waals surface area contributed by atoms with Gasteiger partial charge in [-0.3, -0.25) is 9.78 Å². The molecule has 0 aliphatic carbocycles. The minimum atomic E-state index is -0.0180. The topological polar surface area (TPSA) is 85.3 Å². The summed E-state index contributed by atoms with van der Waals surface area (Å²) < 4.78 is 10.7. The van der Waals surface area contributed by atoms with Gasteiger partial charge in [-0.1, -0.05) is 11.2 Å². The number of nitrogens with zero attached hydrogens (tertiary/aromatic N) is 4. The molecule has 0 aromatic carbocycles. The van der Waals surface area contributed by atoms with Crippen LogP contribution in [0.25, 0.3) is 11.4 Å². The number of pyridine rings is 1. The molecule has 4 heterocycles. The van der Waals surface area contributed by atoms with Gasteiger partial charge in [0.1, 0.15) is 5.76 Å². The van der Waals surface area contributed by atoms with Crippen molar-refractivity contribution in [2.24, 2.45) is 0 Å². The first-order chi connectivity index (χ1) is 13.8. The molecule has 1 amide bonds. The summed E-state index contributed by atoms with van der Waals surface area (Å²) in [6.07, 6.45) is 5.73. The molecule has 0 spiro atoms. The fourth-order valence-corrected chi connectivity index (χ4v) is 3.41. The number of carbonyl (C=O) groups excluding carboxylic acids is 1. The lowest BCUT2D eigenvalue weighted by Crippen LogP contribution is -2.30. The number of hydrogen-bond donors (Lipinski definition) is 0. The quantitative estimate of drug-likeness (QED) is 0.450. The molecule has 0 N–H and O–H groups in total. The molecule has 0 atom stereocenters. The van der Waals surface area contributed by atoms with E-state index in [2.05, 4.69) is 15.1 Å². The Kier molecular flexibility index (Phi) is 5.58. The first kappa shape index (κ1) is 18.1. The maximum absolute atomic E-state index is 12.9. The Bertz CT molecular complexity index is 997. The second-order valence-electron chi connectivity index (χ2n) is 6.21. The normalized spacial score (nSPS) is 10.9. The highest BCUT2D eigenvalue weighted by Gasteiger charge is 2.18. The van der Waals surface area contributed by atoms with E-state index >= 15 is 0 Å². The van der Waals surface area contributed by atoms with Crippen molar-refractivity contribution in [3.63, 3.8) is 0 Å². The van der Waals surface area contributed by atoms with E-state index in [0.29, 0.717) is 31.2 Å². The number of aryl methyl sites for hydroxylation is 1. The van der Waals surface area contributed by atoms with Crippen LogP contribution < -0.4 is 0 Å². The van der Waals surface area contributed by atoms with Gasteiger partial charge >= 0.3 is 0 Å². The predicted octanol–water partition coefficient (Wildman–Crippen LogP) is 3.95. The number of aromatic nitrogens is 3. The molecule has 0 fully saturated rings. The molecule has 0 saturated carbocycles. The summed E-state index contributed by atoms with van der Waals surface area (Å²) >= 11 is 1.57. The Balaban J connectivity index is 1.41. The van der Waals surface area contributed by atoms with E-state index < -0.39 is 0 Å². The van der Waals surface area contributed by atoms with E-state index in [4.69, 9.17) is 8.94 Å². The van der Waals surface area contributed by atoms with Crippen LogP contribution in [-0.4, -0.2) is 25.9 Å². The zero-order valence-electron chi connectivity index (χ0n) is 15.0. The van der Waals surface area contributed by atoms with Gasteiger partial charge in [0.25, 0.3) is 0 Å². The summed E-state index contributed by atoms with van der Waals surface area (Å²) in [5, 5.41) is 7.90. The van der Waals surface area contributed by atoms with Crippen molar-refractivity contribution in [2.45, 2.75) is 25.9 Å². The van der Waals surface area contributed by atoms with Crippen LogP contribution in [0.5, 0.6) is 0 Å². The minimum Gasteiger partial charge on any atom is -0.467 e. The number of thiophene rings is 1. The second kappa shape index (κ2) is 8.62. The van der Waals surface area contributed by atoms with E-state index in [0.717, 1.165) is 16.9 Å². The number of furan rings is 1. The largest absolute Gasteiger partial charge is 0.467 e. The summed E-state index contributed by atoms with van der Waals surface area (Å²) in [6.45, 7) is 0.849. The number of carbonyl (C=O) groups is 1. The Labute approximate surface area is 165 Å². The fraction of sp³-hybridized carbons (Fsp3) is 0.200. The molecule has 7 nitrogen and oxygen atoms in total. The summed E-state index contributed by atoms with van der Waals surface area (Å²) in [5.74, 6) is 1.71. The molecular weight excluding hydrogens is 376 g/mol. The van der Waals surface area contributed by atoms with Crippen LogP contribution in [0.4, 0.5) is 0 Å². The van der Waals surface area contributed by atoms with E-state index in [-0.39, 0.29) is 12.3 Å². The third kappa shape index (κ3) is 4.52. The highest BCUT2D eigenvalue weighted by molar-refractivity contribution is 7.08. The molecule has 4 aromatic rings. The highest BCUT2D eigenvalue weighted by atomic mass is 32.1.